The SMILES string of the molecule is CSc1nc2ncc3c(=O)n(-c4ccc(Br)cc4)ccc3n2n1. The Kier molecular flexibility index (Phi) is 3.42. The summed E-state index contributed by atoms with van der Waals surface area (Å²) in [7, 11) is 0. The molecule has 0 saturated heterocycles. The van der Waals surface area contributed by atoms with Crippen LogP contribution in [-0.4, -0.2) is 30.4 Å². The monoisotopic (exact) mass is 387 g/mol. The van der Waals surface area contributed by atoms with Crippen LogP contribution in [0.2, 0.25) is 0 Å². The molecule has 0 aliphatic heterocycles. The Hall–Kier alpha value is -2.19. The summed E-state index contributed by atoms with van der Waals surface area (Å²) in [5, 5.41) is 5.49. The number of hydrogen-bond donors (Lipinski definition) is 0. The fourth-order valence-corrected chi connectivity index (χ4v) is 2.99. The summed E-state index contributed by atoms with van der Waals surface area (Å²) >= 11 is 4.83. The number of nitrogens with zero attached hydrogens (tertiary/aromatic N) is 5. The number of hydrogen-bond acceptors (Lipinski definition) is 5. The fourth-order valence-electron chi connectivity index (χ4n) is 2.39. The smallest absolute Gasteiger partial charge is 0.266 e. The van der Waals surface area contributed by atoms with E-state index in [1.54, 1.807) is 21.5 Å². The minimum absolute atomic E-state index is 0.138. The van der Waals surface area contributed by atoms with Crippen molar-refractivity contribution in [2.45, 2.75) is 5.16 Å². The van der Waals surface area contributed by atoms with Gasteiger partial charge in [0.1, 0.15) is 0 Å². The van der Waals surface area contributed by atoms with Crippen LogP contribution >= 0.6 is 27.7 Å². The molecule has 0 spiro atoms. The zero-order valence-corrected chi connectivity index (χ0v) is 14.4. The Balaban J connectivity index is 2.00. The zero-order valence-electron chi connectivity index (χ0n) is 12.0. The van der Waals surface area contributed by atoms with Crippen LogP contribution in [0.15, 0.2) is 57.1 Å². The molecule has 0 radical (unpaired) electrons. The molecule has 0 N–H and O–H groups in total. The van der Waals surface area contributed by atoms with Crippen molar-refractivity contribution in [1.82, 2.24) is 24.1 Å². The second kappa shape index (κ2) is 5.47. The predicted octanol–water partition coefficient (Wildman–Crippen LogP) is 2.91. The normalized spacial score (nSPS) is 11.4. The second-order valence-corrected chi connectivity index (χ2v) is 6.52. The van der Waals surface area contributed by atoms with Crippen molar-refractivity contribution in [3.05, 3.63) is 57.6 Å². The van der Waals surface area contributed by atoms with Gasteiger partial charge in [-0.15, -0.1) is 5.10 Å². The summed E-state index contributed by atoms with van der Waals surface area (Å²) in [5.74, 6) is 0.489. The molecule has 0 atom stereocenters. The molecule has 4 aromatic rings. The molecule has 0 aliphatic rings. The quantitative estimate of drug-likeness (QED) is 0.494. The van der Waals surface area contributed by atoms with E-state index in [2.05, 4.69) is 31.0 Å². The lowest BCUT2D eigenvalue weighted by molar-refractivity contribution is 0.904. The zero-order chi connectivity index (χ0) is 16.0. The number of pyridine rings is 1. The number of benzene rings is 1. The van der Waals surface area contributed by atoms with Crippen LogP contribution in [0.5, 0.6) is 0 Å². The Morgan fingerprint density at radius 1 is 1.17 bits per heavy atom. The van der Waals surface area contributed by atoms with E-state index in [9.17, 15) is 4.79 Å². The summed E-state index contributed by atoms with van der Waals surface area (Å²) in [4.78, 5) is 21.3. The van der Waals surface area contributed by atoms with Crippen molar-refractivity contribution in [3.8, 4) is 5.69 Å². The van der Waals surface area contributed by atoms with Crippen molar-refractivity contribution in [2.24, 2.45) is 0 Å². The number of thioether (sulfide) groups is 1. The first-order valence-electron chi connectivity index (χ1n) is 6.74. The van der Waals surface area contributed by atoms with Crippen molar-refractivity contribution in [1.29, 1.82) is 0 Å². The summed E-state index contributed by atoms with van der Waals surface area (Å²) in [6.07, 6.45) is 5.20. The van der Waals surface area contributed by atoms with E-state index >= 15 is 0 Å². The average molecular weight is 388 g/mol. The molecule has 114 valence electrons. The molecular formula is C15H10BrN5OS. The molecule has 3 aromatic heterocycles. The molecule has 4 rings (SSSR count). The molecule has 0 bridgehead atoms. The Bertz CT molecular complexity index is 1090. The maximum absolute atomic E-state index is 12.8. The molecule has 0 aliphatic carbocycles. The molecule has 0 amide bonds. The van der Waals surface area contributed by atoms with Gasteiger partial charge in [-0.1, -0.05) is 27.7 Å². The van der Waals surface area contributed by atoms with E-state index in [0.29, 0.717) is 21.8 Å². The fraction of sp³-hybridized carbons (Fsp3) is 0.0667. The van der Waals surface area contributed by atoms with E-state index in [1.807, 2.05) is 36.6 Å². The Morgan fingerprint density at radius 2 is 1.96 bits per heavy atom. The standard InChI is InChI=1S/C15H10BrN5OS/c1-23-15-18-14-17-8-11-12(21(14)19-15)6-7-20(13(11)22)10-4-2-9(16)3-5-10/h2-8H,1H3. The Morgan fingerprint density at radius 3 is 2.70 bits per heavy atom. The van der Waals surface area contributed by atoms with Gasteiger partial charge in [0.2, 0.25) is 5.16 Å². The van der Waals surface area contributed by atoms with E-state index in [1.165, 1.54) is 11.8 Å². The molecule has 6 nitrogen and oxygen atoms in total. The molecule has 8 heteroatoms. The Labute approximate surface area is 143 Å². The van der Waals surface area contributed by atoms with Gasteiger partial charge in [0, 0.05) is 22.6 Å². The van der Waals surface area contributed by atoms with Crippen molar-refractivity contribution >= 4 is 44.4 Å². The first-order chi connectivity index (χ1) is 11.2. The molecule has 0 saturated carbocycles. The van der Waals surface area contributed by atoms with E-state index in [0.717, 1.165) is 10.2 Å². The first-order valence-corrected chi connectivity index (χ1v) is 8.76. The topological polar surface area (TPSA) is 65.1 Å². The summed E-state index contributed by atoms with van der Waals surface area (Å²) in [6, 6.07) is 9.41. The van der Waals surface area contributed by atoms with E-state index in [-0.39, 0.29) is 5.56 Å². The summed E-state index contributed by atoms with van der Waals surface area (Å²) in [6.45, 7) is 0. The number of rotatable bonds is 2. The second-order valence-electron chi connectivity index (χ2n) is 4.83. The largest absolute Gasteiger partial charge is 0.284 e. The maximum atomic E-state index is 12.8. The van der Waals surface area contributed by atoms with Gasteiger partial charge in [0.05, 0.1) is 10.9 Å². The predicted molar refractivity (Wildman–Crippen MR) is 93.4 cm³/mol. The third kappa shape index (κ3) is 2.34. The van der Waals surface area contributed by atoms with Crippen molar-refractivity contribution in [3.63, 3.8) is 0 Å². The van der Waals surface area contributed by atoms with Crippen LogP contribution in [-0.2, 0) is 0 Å². The van der Waals surface area contributed by atoms with Gasteiger partial charge in [0.15, 0.2) is 0 Å². The molecule has 0 unspecified atom stereocenters. The van der Waals surface area contributed by atoms with Crippen LogP contribution in [0.25, 0.3) is 22.4 Å². The van der Waals surface area contributed by atoms with Gasteiger partial charge in [-0.2, -0.15) is 9.50 Å². The van der Waals surface area contributed by atoms with Crippen LogP contribution < -0.4 is 5.56 Å². The number of halogens is 1. The van der Waals surface area contributed by atoms with Crippen LogP contribution in [0.3, 0.4) is 0 Å². The number of aromatic nitrogens is 5. The lowest BCUT2D eigenvalue weighted by Crippen LogP contribution is -2.18. The van der Waals surface area contributed by atoms with Gasteiger partial charge in [-0.3, -0.25) is 9.36 Å². The van der Waals surface area contributed by atoms with Gasteiger partial charge in [0.25, 0.3) is 11.3 Å². The lowest BCUT2D eigenvalue weighted by Gasteiger charge is -2.07. The molecule has 23 heavy (non-hydrogen) atoms. The van der Waals surface area contributed by atoms with Crippen LogP contribution in [0, 0.1) is 0 Å². The third-order valence-electron chi connectivity index (χ3n) is 3.50. The summed E-state index contributed by atoms with van der Waals surface area (Å²) in [5.41, 5.74) is 1.35. The highest BCUT2D eigenvalue weighted by molar-refractivity contribution is 9.10. The highest BCUT2D eigenvalue weighted by Gasteiger charge is 2.11. The molecule has 0 fully saturated rings. The highest BCUT2D eigenvalue weighted by atomic mass is 79.9. The maximum Gasteiger partial charge on any atom is 0.266 e. The first kappa shape index (κ1) is 14.4. The van der Waals surface area contributed by atoms with Crippen LogP contribution in [0.1, 0.15) is 0 Å². The van der Waals surface area contributed by atoms with Crippen molar-refractivity contribution < 1.29 is 0 Å². The van der Waals surface area contributed by atoms with Gasteiger partial charge < -0.3 is 0 Å². The third-order valence-corrected chi connectivity index (χ3v) is 4.57. The molecular weight excluding hydrogens is 378 g/mol. The average Bonchev–Trinajstić information content (AvgIpc) is 3.00. The van der Waals surface area contributed by atoms with Gasteiger partial charge >= 0.3 is 0 Å². The minimum Gasteiger partial charge on any atom is -0.284 e. The van der Waals surface area contributed by atoms with Crippen molar-refractivity contribution in [2.75, 3.05) is 6.26 Å². The van der Waals surface area contributed by atoms with E-state index in [4.69, 9.17) is 0 Å². The van der Waals surface area contributed by atoms with Crippen LogP contribution in [0.4, 0.5) is 0 Å². The summed E-state index contributed by atoms with van der Waals surface area (Å²) < 4.78 is 4.16. The highest BCUT2D eigenvalue weighted by Crippen LogP contribution is 2.17. The minimum atomic E-state index is -0.138. The number of fused-ring (bicyclic) bond motifs is 3. The lowest BCUT2D eigenvalue weighted by atomic mass is 10.2. The molecule has 1 aromatic carbocycles. The molecule has 3 heterocycles. The van der Waals surface area contributed by atoms with Gasteiger partial charge in [-0.05, 0) is 36.6 Å². The van der Waals surface area contributed by atoms with E-state index < -0.39 is 0 Å². The van der Waals surface area contributed by atoms with Gasteiger partial charge in [-0.25, -0.2) is 4.98 Å².